The van der Waals surface area contributed by atoms with Gasteiger partial charge in [-0.1, -0.05) is 72.6 Å². The highest BCUT2D eigenvalue weighted by molar-refractivity contribution is 9.10. The molecule has 4 heteroatoms. The van der Waals surface area contributed by atoms with Crippen molar-refractivity contribution in [2.45, 2.75) is 64.3 Å². The second-order valence-corrected chi connectivity index (χ2v) is 14.7. The van der Waals surface area contributed by atoms with E-state index in [0.29, 0.717) is 5.92 Å². The molecule has 0 aliphatic carbocycles. The van der Waals surface area contributed by atoms with Gasteiger partial charge >= 0.3 is 0 Å². The topological polar surface area (TPSA) is 9.23 Å². The highest BCUT2D eigenvalue weighted by Crippen LogP contribution is 2.39. The van der Waals surface area contributed by atoms with E-state index in [1.807, 2.05) is 12.1 Å². The molecule has 1 nitrogen and oxygen atoms in total. The van der Waals surface area contributed by atoms with Crippen molar-refractivity contribution in [3.05, 3.63) is 69.2 Å². The lowest BCUT2D eigenvalue weighted by Gasteiger charge is -2.40. The molecule has 0 saturated carbocycles. The molecule has 26 heavy (non-hydrogen) atoms. The Morgan fingerprint density at radius 2 is 1.54 bits per heavy atom. The van der Waals surface area contributed by atoms with Gasteiger partial charge in [0.25, 0.3) is 0 Å². The number of rotatable bonds is 6. The molecule has 142 valence electrons. The van der Waals surface area contributed by atoms with Gasteiger partial charge in [0.15, 0.2) is 8.32 Å². The van der Waals surface area contributed by atoms with Crippen molar-refractivity contribution >= 4 is 35.8 Å². The molecule has 2 aromatic carbocycles. The Morgan fingerprint density at radius 1 is 1.00 bits per heavy atom. The lowest BCUT2D eigenvalue weighted by Crippen LogP contribution is -2.44. The highest BCUT2D eigenvalue weighted by Gasteiger charge is 2.39. The van der Waals surface area contributed by atoms with Crippen LogP contribution in [0.15, 0.2) is 53.0 Å². The molecular formula is C22H30BrClOSi. The van der Waals surface area contributed by atoms with Crippen LogP contribution in [0.5, 0.6) is 0 Å². The standard InChI is InChI=1S/C22H30BrClOSi/c1-16(25-26(5,6)22(2,3)4)21(18-9-11-19(23)12-10-18)15-17-7-13-20(24)14-8-17/h7-14,16,21H,15H2,1-6H3. The van der Waals surface area contributed by atoms with Gasteiger partial charge in [-0.05, 0) is 66.9 Å². The van der Waals surface area contributed by atoms with E-state index in [0.717, 1.165) is 15.9 Å². The summed E-state index contributed by atoms with van der Waals surface area (Å²) in [5.74, 6) is 0.304. The SMILES string of the molecule is CC(O[Si](C)(C)C(C)(C)C)C(Cc1ccc(Cl)cc1)c1ccc(Br)cc1. The summed E-state index contributed by atoms with van der Waals surface area (Å²) in [4.78, 5) is 0. The van der Waals surface area contributed by atoms with Gasteiger partial charge in [-0.25, -0.2) is 0 Å². The van der Waals surface area contributed by atoms with Crippen molar-refractivity contribution in [3.63, 3.8) is 0 Å². The average Bonchev–Trinajstić information content (AvgIpc) is 2.54. The molecule has 0 bridgehead atoms. The third-order valence-electron chi connectivity index (χ3n) is 5.52. The molecule has 0 saturated heterocycles. The van der Waals surface area contributed by atoms with Crippen LogP contribution in [0.25, 0.3) is 0 Å². The van der Waals surface area contributed by atoms with Gasteiger partial charge in [0.05, 0.1) is 0 Å². The van der Waals surface area contributed by atoms with Crippen molar-refractivity contribution in [1.29, 1.82) is 0 Å². The fraction of sp³-hybridized carbons (Fsp3) is 0.455. The Morgan fingerprint density at radius 3 is 2.04 bits per heavy atom. The van der Waals surface area contributed by atoms with Crippen molar-refractivity contribution in [1.82, 2.24) is 0 Å². The van der Waals surface area contributed by atoms with Gasteiger partial charge in [0.2, 0.25) is 0 Å². The highest BCUT2D eigenvalue weighted by atomic mass is 79.9. The first-order valence-electron chi connectivity index (χ1n) is 9.17. The molecule has 2 aromatic rings. The van der Waals surface area contributed by atoms with Gasteiger partial charge in [0.1, 0.15) is 0 Å². The zero-order chi connectivity index (χ0) is 19.5. The van der Waals surface area contributed by atoms with E-state index in [1.54, 1.807) is 0 Å². The summed E-state index contributed by atoms with van der Waals surface area (Å²) in [6, 6.07) is 16.8. The molecule has 0 N–H and O–H groups in total. The van der Waals surface area contributed by atoms with Crippen LogP contribution in [-0.2, 0) is 10.8 Å². The van der Waals surface area contributed by atoms with E-state index >= 15 is 0 Å². The predicted octanol–water partition coefficient (Wildman–Crippen LogP) is 7.84. The minimum atomic E-state index is -1.83. The summed E-state index contributed by atoms with van der Waals surface area (Å²) in [6.07, 6.45) is 1.09. The summed E-state index contributed by atoms with van der Waals surface area (Å²) in [5, 5.41) is 0.978. The Labute approximate surface area is 173 Å². The zero-order valence-electron chi connectivity index (χ0n) is 16.6. The Hall–Kier alpha value is -0.613. The quantitative estimate of drug-likeness (QED) is 0.405. The van der Waals surface area contributed by atoms with Gasteiger partial charge in [-0.2, -0.15) is 0 Å². The fourth-order valence-corrected chi connectivity index (χ4v) is 4.70. The minimum absolute atomic E-state index is 0.146. The molecule has 0 amide bonds. The Kier molecular flexibility index (Phi) is 7.17. The molecule has 0 aliphatic rings. The van der Waals surface area contributed by atoms with Crippen LogP contribution in [0.4, 0.5) is 0 Å². The van der Waals surface area contributed by atoms with Crippen LogP contribution < -0.4 is 0 Å². The maximum Gasteiger partial charge on any atom is 0.192 e. The van der Waals surface area contributed by atoms with Crippen LogP contribution in [0.2, 0.25) is 23.2 Å². The van der Waals surface area contributed by atoms with Crippen molar-refractivity contribution in [2.75, 3.05) is 0 Å². The molecule has 0 spiro atoms. The van der Waals surface area contributed by atoms with E-state index in [-0.39, 0.29) is 11.1 Å². The summed E-state index contributed by atoms with van der Waals surface area (Å²) in [5.41, 5.74) is 2.60. The second-order valence-electron chi connectivity index (χ2n) is 8.57. The van der Waals surface area contributed by atoms with Crippen LogP contribution in [0.1, 0.15) is 44.7 Å². The average molecular weight is 454 g/mol. The van der Waals surface area contributed by atoms with Gasteiger partial charge < -0.3 is 4.43 Å². The van der Waals surface area contributed by atoms with E-state index < -0.39 is 8.32 Å². The first kappa shape index (κ1) is 21.7. The van der Waals surface area contributed by atoms with Crippen LogP contribution in [0, 0.1) is 0 Å². The van der Waals surface area contributed by atoms with E-state index in [9.17, 15) is 0 Å². The largest absolute Gasteiger partial charge is 0.414 e. The number of halogens is 2. The molecular weight excluding hydrogens is 424 g/mol. The molecule has 2 atom stereocenters. The van der Waals surface area contributed by atoms with Gasteiger partial charge in [-0.15, -0.1) is 0 Å². The molecule has 0 fully saturated rings. The lowest BCUT2D eigenvalue weighted by molar-refractivity contribution is 0.167. The normalized spacial score (nSPS) is 14.9. The molecule has 2 rings (SSSR count). The summed E-state index contributed by atoms with van der Waals surface area (Å²) in [7, 11) is -1.83. The van der Waals surface area contributed by atoms with Crippen molar-refractivity contribution < 1.29 is 4.43 Å². The van der Waals surface area contributed by atoms with E-state index in [1.165, 1.54) is 11.1 Å². The monoisotopic (exact) mass is 452 g/mol. The van der Waals surface area contributed by atoms with Gasteiger partial charge in [0, 0.05) is 21.5 Å². The fourth-order valence-electron chi connectivity index (χ4n) is 2.86. The maximum absolute atomic E-state index is 6.75. The first-order chi connectivity index (χ1) is 12.0. The number of benzene rings is 2. The third kappa shape index (κ3) is 5.69. The summed E-state index contributed by atoms with van der Waals surface area (Å²) < 4.78 is 7.85. The predicted molar refractivity (Wildman–Crippen MR) is 120 cm³/mol. The number of hydrogen-bond acceptors (Lipinski definition) is 1. The van der Waals surface area contributed by atoms with Crippen LogP contribution >= 0.6 is 27.5 Å². The van der Waals surface area contributed by atoms with E-state index in [4.69, 9.17) is 16.0 Å². The third-order valence-corrected chi connectivity index (χ3v) is 10.9. The molecule has 0 aliphatic heterocycles. The second kappa shape index (κ2) is 8.60. The molecule has 0 aromatic heterocycles. The smallest absolute Gasteiger partial charge is 0.192 e. The molecule has 0 heterocycles. The first-order valence-corrected chi connectivity index (χ1v) is 13.3. The molecule has 2 unspecified atom stereocenters. The van der Waals surface area contributed by atoms with Crippen LogP contribution in [0.3, 0.4) is 0 Å². The van der Waals surface area contributed by atoms with Crippen LogP contribution in [-0.4, -0.2) is 14.4 Å². The van der Waals surface area contributed by atoms with Gasteiger partial charge in [-0.3, -0.25) is 0 Å². The maximum atomic E-state index is 6.75. The summed E-state index contributed by atoms with van der Waals surface area (Å²) in [6.45, 7) is 13.7. The Balaban J connectivity index is 2.30. The van der Waals surface area contributed by atoms with Crippen molar-refractivity contribution in [2.24, 2.45) is 0 Å². The zero-order valence-corrected chi connectivity index (χ0v) is 20.0. The lowest BCUT2D eigenvalue weighted by atomic mass is 9.88. The molecule has 0 radical (unpaired) electrons. The Bertz CT molecular complexity index is 704. The minimum Gasteiger partial charge on any atom is -0.414 e. The van der Waals surface area contributed by atoms with Crippen molar-refractivity contribution in [3.8, 4) is 0 Å². The van der Waals surface area contributed by atoms with E-state index in [2.05, 4.69) is 93.1 Å². The summed E-state index contributed by atoms with van der Waals surface area (Å²) >= 11 is 9.60. The number of hydrogen-bond donors (Lipinski definition) is 0.